The molecule has 178 valence electrons. The van der Waals surface area contributed by atoms with Gasteiger partial charge in [0.25, 0.3) is 11.5 Å². The van der Waals surface area contributed by atoms with Crippen LogP contribution < -0.4 is 10.9 Å². The number of hydrogen-bond donors (Lipinski definition) is 1. The monoisotopic (exact) mass is 488 g/mol. The average molecular weight is 488 g/mol. The van der Waals surface area contributed by atoms with Gasteiger partial charge in [0.15, 0.2) is 5.69 Å². The van der Waals surface area contributed by atoms with Gasteiger partial charge in [0.05, 0.1) is 22.9 Å². The molecule has 3 rings (SSSR count). The van der Waals surface area contributed by atoms with Crippen molar-refractivity contribution >= 4 is 27.6 Å². The number of nitrogens with one attached hydrogen (secondary N) is 1. The van der Waals surface area contributed by atoms with Gasteiger partial charge in [-0.05, 0) is 55.5 Å². The van der Waals surface area contributed by atoms with Crippen LogP contribution in [0.25, 0.3) is 5.69 Å². The molecule has 1 N–H and O–H groups in total. The average Bonchev–Trinajstić information content (AvgIpc) is 2.80. The minimum absolute atomic E-state index is 0.00942. The highest BCUT2D eigenvalue weighted by atomic mass is 32.2. The first-order valence-corrected chi connectivity index (χ1v) is 11.4. The van der Waals surface area contributed by atoms with E-state index in [1.165, 1.54) is 50.5 Å². The largest absolute Gasteiger partial charge is 0.461 e. The number of hydrogen-bond acceptors (Lipinski definition) is 7. The van der Waals surface area contributed by atoms with Gasteiger partial charge in [-0.1, -0.05) is 0 Å². The highest BCUT2D eigenvalue weighted by Crippen LogP contribution is 2.18. The molecule has 0 unspecified atom stereocenters. The number of nitrogens with zero attached hydrogens (tertiary/aromatic N) is 3. The van der Waals surface area contributed by atoms with Crippen molar-refractivity contribution in [1.82, 2.24) is 14.1 Å². The highest BCUT2D eigenvalue weighted by molar-refractivity contribution is 7.89. The second-order valence-corrected chi connectivity index (χ2v) is 9.27. The molecule has 3 aromatic rings. The van der Waals surface area contributed by atoms with E-state index in [1.54, 1.807) is 6.92 Å². The second-order valence-electron chi connectivity index (χ2n) is 7.12. The summed E-state index contributed by atoms with van der Waals surface area (Å²) < 4.78 is 44.5. The topological polar surface area (TPSA) is 128 Å². The van der Waals surface area contributed by atoms with Crippen LogP contribution in [0.5, 0.6) is 0 Å². The summed E-state index contributed by atoms with van der Waals surface area (Å²) in [6.45, 7) is 1.60. The minimum atomic E-state index is -3.68. The number of anilines is 1. The lowest BCUT2D eigenvalue weighted by atomic mass is 10.2. The maximum Gasteiger partial charge on any atom is 0.360 e. The first kappa shape index (κ1) is 24.7. The zero-order chi connectivity index (χ0) is 25.0. The Bertz CT molecular complexity index is 1380. The van der Waals surface area contributed by atoms with E-state index in [4.69, 9.17) is 4.74 Å². The number of carbonyl (C=O) groups is 2. The van der Waals surface area contributed by atoms with Crippen molar-refractivity contribution in [1.29, 1.82) is 0 Å². The SMILES string of the molecule is CCOC(=O)c1nn(-c2ccc(F)cc2)c(=O)cc1NC(=O)c1ccc(S(=O)(=O)N(C)C)cc1. The molecule has 34 heavy (non-hydrogen) atoms. The molecule has 0 bridgehead atoms. The van der Waals surface area contributed by atoms with Crippen molar-refractivity contribution in [2.24, 2.45) is 0 Å². The van der Waals surface area contributed by atoms with Crippen LogP contribution in [-0.2, 0) is 14.8 Å². The number of rotatable bonds is 7. The Balaban J connectivity index is 1.97. The van der Waals surface area contributed by atoms with E-state index in [0.717, 1.165) is 27.2 Å². The Labute approximate surface area is 194 Å². The number of benzene rings is 2. The summed E-state index contributed by atoms with van der Waals surface area (Å²) in [6, 6.07) is 11.0. The third-order valence-electron chi connectivity index (χ3n) is 4.61. The molecule has 0 aliphatic heterocycles. The molecule has 1 heterocycles. The van der Waals surface area contributed by atoms with Gasteiger partial charge in [0.2, 0.25) is 10.0 Å². The first-order chi connectivity index (χ1) is 16.0. The Hall–Kier alpha value is -3.90. The number of esters is 1. The van der Waals surface area contributed by atoms with E-state index < -0.39 is 33.3 Å². The van der Waals surface area contributed by atoms with E-state index >= 15 is 0 Å². The van der Waals surface area contributed by atoms with Crippen LogP contribution in [0.4, 0.5) is 10.1 Å². The summed E-state index contributed by atoms with van der Waals surface area (Å²) in [5.74, 6) is -2.11. The maximum absolute atomic E-state index is 13.2. The third-order valence-corrected chi connectivity index (χ3v) is 6.44. The number of ether oxygens (including phenoxy) is 1. The van der Waals surface area contributed by atoms with E-state index in [1.807, 2.05) is 0 Å². The Morgan fingerprint density at radius 3 is 2.26 bits per heavy atom. The molecule has 0 fully saturated rings. The van der Waals surface area contributed by atoms with Crippen LogP contribution in [-0.4, -0.2) is 55.1 Å². The summed E-state index contributed by atoms with van der Waals surface area (Å²) in [7, 11) is -0.913. The molecule has 0 radical (unpaired) electrons. The fourth-order valence-corrected chi connectivity index (χ4v) is 3.75. The molecule has 0 spiro atoms. The highest BCUT2D eigenvalue weighted by Gasteiger charge is 2.22. The second kappa shape index (κ2) is 9.93. The molecule has 0 aliphatic carbocycles. The van der Waals surface area contributed by atoms with Crippen molar-refractivity contribution in [2.75, 3.05) is 26.0 Å². The van der Waals surface area contributed by atoms with E-state index in [-0.39, 0.29) is 34.1 Å². The van der Waals surface area contributed by atoms with Gasteiger partial charge >= 0.3 is 5.97 Å². The number of amides is 1. The van der Waals surface area contributed by atoms with E-state index in [2.05, 4.69) is 10.4 Å². The number of carbonyl (C=O) groups excluding carboxylic acids is 2. The summed E-state index contributed by atoms with van der Waals surface area (Å²) >= 11 is 0. The quantitative estimate of drug-likeness (QED) is 0.504. The molecule has 0 saturated carbocycles. The Morgan fingerprint density at radius 2 is 1.71 bits per heavy atom. The van der Waals surface area contributed by atoms with Crippen LogP contribution in [0, 0.1) is 5.82 Å². The van der Waals surface area contributed by atoms with Crippen molar-refractivity contribution < 1.29 is 27.1 Å². The first-order valence-electron chi connectivity index (χ1n) is 9.96. The molecule has 0 atom stereocenters. The van der Waals surface area contributed by atoms with Crippen LogP contribution >= 0.6 is 0 Å². The van der Waals surface area contributed by atoms with Crippen molar-refractivity contribution in [2.45, 2.75) is 11.8 Å². The van der Waals surface area contributed by atoms with Crippen LogP contribution in [0.15, 0.2) is 64.3 Å². The van der Waals surface area contributed by atoms with E-state index in [9.17, 15) is 27.2 Å². The predicted molar refractivity (Wildman–Crippen MR) is 121 cm³/mol. The molecule has 0 aliphatic rings. The smallest absolute Gasteiger partial charge is 0.360 e. The molecular weight excluding hydrogens is 467 g/mol. The lowest BCUT2D eigenvalue weighted by molar-refractivity contribution is 0.0518. The van der Waals surface area contributed by atoms with Gasteiger partial charge in [0, 0.05) is 25.7 Å². The fraction of sp³-hybridized carbons (Fsp3) is 0.182. The number of aromatic nitrogens is 2. The molecule has 1 amide bonds. The predicted octanol–water partition coefficient (Wildman–Crippen LogP) is 2.05. The zero-order valence-electron chi connectivity index (χ0n) is 18.5. The van der Waals surface area contributed by atoms with Gasteiger partial charge in [-0.2, -0.15) is 9.78 Å². The summed E-state index contributed by atoms with van der Waals surface area (Å²) in [6.07, 6.45) is 0. The lowest BCUT2D eigenvalue weighted by Crippen LogP contribution is -2.27. The summed E-state index contributed by atoms with van der Waals surface area (Å²) in [4.78, 5) is 37.8. The zero-order valence-corrected chi connectivity index (χ0v) is 19.3. The van der Waals surface area contributed by atoms with E-state index in [0.29, 0.717) is 0 Å². The van der Waals surface area contributed by atoms with Crippen LogP contribution in [0.2, 0.25) is 0 Å². The Kier molecular flexibility index (Phi) is 7.23. The van der Waals surface area contributed by atoms with Gasteiger partial charge in [-0.25, -0.2) is 21.9 Å². The standard InChI is InChI=1S/C22H21FN4O6S/c1-4-33-22(30)20-18(13-19(28)27(25-20)16-9-7-15(23)8-10-16)24-21(29)14-5-11-17(12-6-14)34(31,32)26(2)3/h5-13H,4H2,1-3H3,(H,24,29). The molecule has 12 heteroatoms. The minimum Gasteiger partial charge on any atom is -0.461 e. The van der Waals surface area contributed by atoms with Gasteiger partial charge < -0.3 is 10.1 Å². The number of halogens is 1. The van der Waals surface area contributed by atoms with Crippen molar-refractivity contribution in [3.63, 3.8) is 0 Å². The number of sulfonamides is 1. The van der Waals surface area contributed by atoms with Crippen molar-refractivity contribution in [3.8, 4) is 5.69 Å². The third kappa shape index (κ3) is 5.18. The lowest BCUT2D eigenvalue weighted by Gasteiger charge is -2.13. The van der Waals surface area contributed by atoms with Gasteiger partial charge in [-0.3, -0.25) is 9.59 Å². The fourth-order valence-electron chi connectivity index (χ4n) is 2.85. The van der Waals surface area contributed by atoms with Gasteiger partial charge in [0.1, 0.15) is 5.82 Å². The summed E-state index contributed by atoms with van der Waals surface area (Å²) in [5.41, 5.74) is -0.951. The molecular formula is C22H21FN4O6S. The maximum atomic E-state index is 13.2. The van der Waals surface area contributed by atoms with Gasteiger partial charge in [-0.15, -0.1) is 0 Å². The summed E-state index contributed by atoms with van der Waals surface area (Å²) in [5, 5.41) is 6.45. The molecule has 10 nitrogen and oxygen atoms in total. The Morgan fingerprint density at radius 1 is 1.09 bits per heavy atom. The molecule has 1 aromatic heterocycles. The van der Waals surface area contributed by atoms with Crippen LogP contribution in [0.1, 0.15) is 27.8 Å². The molecule has 2 aromatic carbocycles. The van der Waals surface area contributed by atoms with Crippen LogP contribution in [0.3, 0.4) is 0 Å². The van der Waals surface area contributed by atoms with Crippen molar-refractivity contribution in [3.05, 3.63) is 82.0 Å². The normalized spacial score (nSPS) is 11.3. The molecule has 0 saturated heterocycles.